The number of halogens is 1. The van der Waals surface area contributed by atoms with Crippen LogP contribution in [-0.2, 0) is 16.1 Å². The van der Waals surface area contributed by atoms with Crippen LogP contribution < -0.4 is 14.8 Å². The topological polar surface area (TPSA) is 60.0 Å². The predicted molar refractivity (Wildman–Crippen MR) is 99.8 cm³/mol. The van der Waals surface area contributed by atoms with Gasteiger partial charge in [0, 0.05) is 25.7 Å². The Labute approximate surface area is 160 Å². The minimum absolute atomic E-state index is 0. The number of hydrogen-bond acceptors (Lipinski definition) is 5. The summed E-state index contributed by atoms with van der Waals surface area (Å²) in [5.41, 5.74) is 1.08. The monoisotopic (exact) mass is 382 g/mol. The quantitative estimate of drug-likeness (QED) is 0.866. The number of nitrogens with zero attached hydrogens (tertiary/aromatic N) is 1. The lowest BCUT2D eigenvalue weighted by Crippen LogP contribution is -2.52. The van der Waals surface area contributed by atoms with E-state index in [1.54, 1.807) is 0 Å². The van der Waals surface area contributed by atoms with Crippen LogP contribution >= 0.6 is 12.4 Å². The number of carbonyl (C=O) groups excluding carboxylic acids is 1. The van der Waals surface area contributed by atoms with Gasteiger partial charge in [-0.05, 0) is 30.5 Å². The molecule has 1 aromatic rings. The van der Waals surface area contributed by atoms with Crippen molar-refractivity contribution in [1.82, 2.24) is 10.2 Å². The number of carbonyl (C=O) groups is 1. The number of ether oxygens (including phenoxy) is 3. The zero-order valence-corrected chi connectivity index (χ0v) is 15.8. The van der Waals surface area contributed by atoms with E-state index < -0.39 is 0 Å². The fourth-order valence-electron chi connectivity index (χ4n) is 3.92. The molecule has 0 radical (unpaired) electrons. The van der Waals surface area contributed by atoms with Gasteiger partial charge in [-0.2, -0.15) is 0 Å². The predicted octanol–water partition coefficient (Wildman–Crippen LogP) is 2.49. The Balaban J connectivity index is 0.00000196. The van der Waals surface area contributed by atoms with Crippen LogP contribution in [0.1, 0.15) is 37.7 Å². The first-order chi connectivity index (χ1) is 12.3. The molecule has 6 nitrogen and oxygen atoms in total. The van der Waals surface area contributed by atoms with Gasteiger partial charge in [0.1, 0.15) is 6.10 Å². The molecule has 2 aliphatic heterocycles. The van der Waals surface area contributed by atoms with E-state index in [0.29, 0.717) is 25.7 Å². The Bertz CT molecular complexity index is 616. The van der Waals surface area contributed by atoms with E-state index in [4.69, 9.17) is 14.2 Å². The first-order valence-corrected chi connectivity index (χ1v) is 9.32. The summed E-state index contributed by atoms with van der Waals surface area (Å²) in [4.78, 5) is 15.2. The molecule has 3 aliphatic rings. The van der Waals surface area contributed by atoms with Crippen molar-refractivity contribution in [3.63, 3.8) is 0 Å². The van der Waals surface area contributed by atoms with Crippen molar-refractivity contribution in [1.29, 1.82) is 0 Å². The van der Waals surface area contributed by atoms with Crippen molar-refractivity contribution >= 4 is 18.3 Å². The highest BCUT2D eigenvalue weighted by atomic mass is 35.5. The second kappa shape index (κ2) is 8.93. The van der Waals surface area contributed by atoms with E-state index >= 15 is 0 Å². The van der Waals surface area contributed by atoms with Crippen molar-refractivity contribution in [2.75, 3.05) is 26.5 Å². The van der Waals surface area contributed by atoms with Crippen LogP contribution in [0.3, 0.4) is 0 Å². The molecule has 0 aromatic heterocycles. The minimum Gasteiger partial charge on any atom is -0.454 e. The molecule has 26 heavy (non-hydrogen) atoms. The van der Waals surface area contributed by atoms with Crippen LogP contribution in [0, 0.1) is 0 Å². The molecule has 1 atom stereocenters. The average molecular weight is 383 g/mol. The van der Waals surface area contributed by atoms with Crippen molar-refractivity contribution in [3.8, 4) is 11.5 Å². The number of amides is 1. The Hall–Kier alpha value is -1.50. The number of benzene rings is 1. The SMILES string of the molecule is Cl.O=C(C1CNCCO1)N(Cc1ccc2c(c1)OCO2)C1CCCCC1. The van der Waals surface area contributed by atoms with E-state index in [2.05, 4.69) is 5.32 Å². The van der Waals surface area contributed by atoms with Gasteiger partial charge < -0.3 is 24.4 Å². The van der Waals surface area contributed by atoms with Crippen molar-refractivity contribution in [3.05, 3.63) is 23.8 Å². The zero-order valence-electron chi connectivity index (χ0n) is 14.9. The van der Waals surface area contributed by atoms with Gasteiger partial charge in [0.2, 0.25) is 6.79 Å². The number of fused-ring (bicyclic) bond motifs is 1. The lowest BCUT2D eigenvalue weighted by Gasteiger charge is -2.37. The highest BCUT2D eigenvalue weighted by Gasteiger charge is 2.32. The molecule has 1 unspecified atom stereocenters. The van der Waals surface area contributed by atoms with Crippen molar-refractivity contribution < 1.29 is 19.0 Å². The Morgan fingerprint density at radius 3 is 2.73 bits per heavy atom. The number of hydrogen-bond donors (Lipinski definition) is 1. The number of rotatable bonds is 4. The Morgan fingerprint density at radius 1 is 1.15 bits per heavy atom. The summed E-state index contributed by atoms with van der Waals surface area (Å²) in [6.07, 6.45) is 5.44. The summed E-state index contributed by atoms with van der Waals surface area (Å²) in [6, 6.07) is 6.25. The molecule has 2 fully saturated rings. The van der Waals surface area contributed by atoms with Crippen LogP contribution in [0.4, 0.5) is 0 Å². The summed E-state index contributed by atoms with van der Waals surface area (Å²) in [5.74, 6) is 1.65. The molecule has 7 heteroatoms. The van der Waals surface area contributed by atoms with Gasteiger partial charge in [0.05, 0.1) is 6.61 Å². The van der Waals surface area contributed by atoms with E-state index in [1.807, 2.05) is 23.1 Å². The minimum atomic E-state index is -0.371. The van der Waals surface area contributed by atoms with Gasteiger partial charge in [0.15, 0.2) is 11.5 Å². The summed E-state index contributed by atoms with van der Waals surface area (Å²) >= 11 is 0. The van der Waals surface area contributed by atoms with Crippen LogP contribution in [0.2, 0.25) is 0 Å². The molecule has 4 rings (SSSR count). The summed E-state index contributed by atoms with van der Waals surface area (Å²) in [6.45, 7) is 2.88. The molecule has 1 amide bonds. The molecule has 1 aromatic carbocycles. The fourth-order valence-corrected chi connectivity index (χ4v) is 3.92. The molecule has 1 N–H and O–H groups in total. The van der Waals surface area contributed by atoms with Crippen LogP contribution in [0.15, 0.2) is 18.2 Å². The van der Waals surface area contributed by atoms with E-state index in [9.17, 15) is 4.79 Å². The molecule has 144 valence electrons. The standard InChI is InChI=1S/C19H26N2O4.ClH/c22-19(18-11-20-8-9-23-18)21(15-4-2-1-3-5-15)12-14-6-7-16-17(10-14)25-13-24-16;/h6-7,10,15,18,20H,1-5,8-9,11-13H2;1H. The van der Waals surface area contributed by atoms with Gasteiger partial charge >= 0.3 is 0 Å². The van der Waals surface area contributed by atoms with Gasteiger partial charge in [-0.1, -0.05) is 25.3 Å². The lowest BCUT2D eigenvalue weighted by molar-refractivity contribution is -0.149. The maximum absolute atomic E-state index is 13.1. The van der Waals surface area contributed by atoms with Gasteiger partial charge in [-0.25, -0.2) is 0 Å². The summed E-state index contributed by atoms with van der Waals surface area (Å²) in [5, 5.41) is 3.26. The largest absolute Gasteiger partial charge is 0.454 e. The normalized spacial score (nSPS) is 22.5. The molecule has 0 spiro atoms. The van der Waals surface area contributed by atoms with Crippen molar-refractivity contribution in [2.24, 2.45) is 0 Å². The zero-order chi connectivity index (χ0) is 17.1. The van der Waals surface area contributed by atoms with E-state index in [0.717, 1.165) is 36.4 Å². The van der Waals surface area contributed by atoms with Crippen LogP contribution in [-0.4, -0.2) is 49.4 Å². The molecule has 0 bridgehead atoms. The third kappa shape index (κ3) is 4.24. The second-order valence-electron chi connectivity index (χ2n) is 7.01. The van der Waals surface area contributed by atoms with Gasteiger partial charge in [-0.15, -0.1) is 12.4 Å². The molecule has 1 saturated carbocycles. The summed E-state index contributed by atoms with van der Waals surface area (Å²) in [7, 11) is 0. The third-order valence-corrected chi connectivity index (χ3v) is 5.29. The Morgan fingerprint density at radius 2 is 1.96 bits per heavy atom. The van der Waals surface area contributed by atoms with Crippen LogP contribution in [0.5, 0.6) is 11.5 Å². The smallest absolute Gasteiger partial charge is 0.253 e. The average Bonchev–Trinajstić information content (AvgIpc) is 3.15. The molecule has 2 heterocycles. The first-order valence-electron chi connectivity index (χ1n) is 9.32. The maximum Gasteiger partial charge on any atom is 0.253 e. The highest BCUT2D eigenvalue weighted by Crippen LogP contribution is 2.33. The van der Waals surface area contributed by atoms with E-state index in [1.165, 1.54) is 19.3 Å². The van der Waals surface area contributed by atoms with Crippen LogP contribution in [0.25, 0.3) is 0 Å². The van der Waals surface area contributed by atoms with Gasteiger partial charge in [-0.3, -0.25) is 4.79 Å². The second-order valence-corrected chi connectivity index (χ2v) is 7.01. The van der Waals surface area contributed by atoms with Crippen molar-refractivity contribution in [2.45, 2.75) is 50.8 Å². The number of morpholine rings is 1. The molecule has 1 saturated heterocycles. The highest BCUT2D eigenvalue weighted by molar-refractivity contribution is 5.85. The molecule has 1 aliphatic carbocycles. The van der Waals surface area contributed by atoms with Gasteiger partial charge in [0.25, 0.3) is 5.91 Å². The third-order valence-electron chi connectivity index (χ3n) is 5.29. The fraction of sp³-hybridized carbons (Fsp3) is 0.632. The summed E-state index contributed by atoms with van der Waals surface area (Å²) < 4.78 is 16.6. The number of nitrogens with one attached hydrogen (secondary N) is 1. The maximum atomic E-state index is 13.1. The molecular weight excluding hydrogens is 356 g/mol. The first kappa shape index (κ1) is 19.3. The van der Waals surface area contributed by atoms with E-state index in [-0.39, 0.29) is 31.2 Å². The lowest BCUT2D eigenvalue weighted by atomic mass is 9.93. The Kier molecular flexibility index (Phi) is 6.62. The molecular formula is C19H27ClN2O4.